The number of aromatic carboxylic acids is 4. The van der Waals surface area contributed by atoms with E-state index in [9.17, 15) is 80.6 Å². The number of carbonyl (C=O) groups excluding carboxylic acids is 1. The van der Waals surface area contributed by atoms with Gasteiger partial charge in [0.15, 0.2) is 11.5 Å². The highest BCUT2D eigenvalue weighted by Gasteiger charge is 2.26. The van der Waals surface area contributed by atoms with Crippen molar-refractivity contribution in [1.29, 1.82) is 0 Å². The van der Waals surface area contributed by atoms with Gasteiger partial charge in [-0.2, -0.15) is 57.0 Å². The quantitative estimate of drug-likeness (QED) is 0.00878. The molecule has 2 heterocycles. The molecule has 0 unspecified atom stereocenters. The van der Waals surface area contributed by atoms with Crippen molar-refractivity contribution in [1.82, 2.24) is 29.9 Å². The summed E-state index contributed by atoms with van der Waals surface area (Å²) in [5.74, 6) is -8.77. The van der Waals surface area contributed by atoms with Crippen molar-refractivity contribution in [3.8, 4) is 11.5 Å². The number of aromatic nitrogens is 6. The van der Waals surface area contributed by atoms with Gasteiger partial charge in [0.05, 0.1) is 88.7 Å². The van der Waals surface area contributed by atoms with Crippen molar-refractivity contribution in [3.63, 3.8) is 0 Å². The van der Waals surface area contributed by atoms with Crippen LogP contribution in [0.1, 0.15) is 53.1 Å². The van der Waals surface area contributed by atoms with E-state index in [1.807, 2.05) is 0 Å². The zero-order chi connectivity index (χ0) is 67.2. The van der Waals surface area contributed by atoms with Crippen LogP contribution in [0.2, 0.25) is 0 Å². The number of fused-ring (bicyclic) bond motifs is 2. The molecule has 0 saturated heterocycles. The number of carbonyl (C=O) groups is 5. The third kappa shape index (κ3) is 16.0. The van der Waals surface area contributed by atoms with Crippen molar-refractivity contribution in [2.75, 3.05) is 26.6 Å². The molecule has 9 rings (SSSR count). The van der Waals surface area contributed by atoms with Gasteiger partial charge >= 0.3 is 29.9 Å². The molecule has 38 nitrogen and oxygen atoms in total. The molecular weight excluding hydrogens is 1320 g/mol. The number of benzene rings is 7. The molecule has 2 amide bonds. The Bertz CT molecular complexity index is 4810. The standard InChI is InChI=1S/C51H37N15O23S4/c1-19-52-47(60-48(53-19)58-33-17-31(92(80,81)82)13-21-15-35(90-88-86-78)39(41(67)37(21)33)65-63-29-9-23(43(69)70)7-24(10-29)44(71)72)56-27-3-5-28(6-4-27)57-51(77)62-50-55-20(2)54-49(61-50)59-34-18-32(93(83,84)85)14-22-16-36(91-89-87-79)40(42(68)38(22)34)66-64-30-11-25(45(73)74)8-26(12-30)46(75)76/h3-18,67-68,78-79H,1-2H3,(H,69,70)(H,71,72)(H,73,74)(H,75,76)(H,80,81,82)(H,83,84,85)(H2,52,53,56,58,60)(H3,54,55,57,59,61,62,77). The van der Waals surface area contributed by atoms with Crippen LogP contribution in [0.25, 0.3) is 21.5 Å². The Balaban J connectivity index is 0.952. The fraction of sp³-hybridized carbons (Fsp3) is 0.0392. The number of azo groups is 2. The number of aryl methyl sites for hydroxylation is 2. The molecule has 0 saturated carbocycles. The predicted octanol–water partition coefficient (Wildman–Crippen LogP) is 10.2. The van der Waals surface area contributed by atoms with Crippen molar-refractivity contribution in [2.45, 2.75) is 33.4 Å². The van der Waals surface area contributed by atoms with Gasteiger partial charge in [0, 0.05) is 22.1 Å². The molecule has 2 aromatic heterocycles. The molecule has 0 bridgehead atoms. The van der Waals surface area contributed by atoms with Crippen LogP contribution in [-0.4, -0.2) is 127 Å². The van der Waals surface area contributed by atoms with Crippen LogP contribution < -0.4 is 26.6 Å². The number of rotatable bonds is 24. The smallest absolute Gasteiger partial charge is 0.335 e. The highest BCUT2D eigenvalue weighted by atomic mass is 32.2. The Morgan fingerprint density at radius 3 is 1.20 bits per heavy atom. The Hall–Kier alpha value is -11.3. The van der Waals surface area contributed by atoms with Gasteiger partial charge in [-0.3, -0.25) is 14.4 Å². The molecule has 15 N–H and O–H groups in total. The van der Waals surface area contributed by atoms with E-state index in [0.717, 1.165) is 72.8 Å². The molecule has 93 heavy (non-hydrogen) atoms. The van der Waals surface area contributed by atoms with Crippen LogP contribution >= 0.6 is 24.1 Å². The summed E-state index contributed by atoms with van der Waals surface area (Å²) in [5.41, 5.74) is -3.67. The summed E-state index contributed by atoms with van der Waals surface area (Å²) < 4.78 is 79.5. The number of urea groups is 1. The van der Waals surface area contributed by atoms with Crippen molar-refractivity contribution < 1.29 is 110 Å². The van der Waals surface area contributed by atoms with Crippen LogP contribution in [0.15, 0.2) is 137 Å². The number of nitrogens with zero attached hydrogens (tertiary/aromatic N) is 10. The largest absolute Gasteiger partial charge is 0.505 e. The zero-order valence-electron chi connectivity index (χ0n) is 46.1. The maximum Gasteiger partial charge on any atom is 0.335 e. The van der Waals surface area contributed by atoms with Gasteiger partial charge in [0.25, 0.3) is 20.2 Å². The van der Waals surface area contributed by atoms with Crippen LogP contribution in [-0.2, 0) is 39.0 Å². The first-order valence-electron chi connectivity index (χ1n) is 25.0. The van der Waals surface area contributed by atoms with E-state index in [2.05, 4.69) is 95.7 Å². The maximum atomic E-state index is 13.4. The second-order valence-electron chi connectivity index (χ2n) is 18.4. The molecule has 42 heteroatoms. The van der Waals surface area contributed by atoms with E-state index in [1.165, 1.54) is 38.1 Å². The van der Waals surface area contributed by atoms with Crippen LogP contribution in [0, 0.1) is 13.8 Å². The second kappa shape index (κ2) is 27.4. The Morgan fingerprint density at radius 2 is 0.828 bits per heavy atom. The summed E-state index contributed by atoms with van der Waals surface area (Å²) in [4.78, 5) is 83.8. The van der Waals surface area contributed by atoms with Gasteiger partial charge in [-0.05, 0) is 122 Å². The van der Waals surface area contributed by atoms with Crippen LogP contribution in [0.5, 0.6) is 11.5 Å². The lowest BCUT2D eigenvalue weighted by molar-refractivity contribution is -0.432. The third-order valence-electron chi connectivity index (χ3n) is 12.1. The lowest BCUT2D eigenvalue weighted by Gasteiger charge is -2.15. The SMILES string of the molecule is Cc1nc(NC(=O)Nc2ccc(Nc3nc(C)nc(Nc4cc(S(=O)(=O)O)cc5cc(SOOO)c(N=Nc6cc(C(=O)O)cc(C(=O)O)c6)c(O)c45)n3)cc2)nc(Nc2cc(S(=O)(=O)O)cc3cc(SOOO)c(N=Nc4cc(C(=O)O)cc(C(=O)O)c4)c(O)c23)n1. The van der Waals surface area contributed by atoms with Gasteiger partial charge < -0.3 is 51.9 Å². The van der Waals surface area contributed by atoms with Crippen LogP contribution in [0.4, 0.5) is 74.1 Å². The van der Waals surface area contributed by atoms with Gasteiger partial charge in [0.1, 0.15) is 23.0 Å². The molecule has 0 aliphatic heterocycles. The molecule has 0 aliphatic carbocycles. The minimum Gasteiger partial charge on any atom is -0.505 e. The first kappa shape index (κ1) is 66.1. The fourth-order valence-corrected chi connectivity index (χ4v) is 10.4. The zero-order valence-corrected chi connectivity index (χ0v) is 49.4. The average molecular weight is 1360 g/mol. The van der Waals surface area contributed by atoms with Crippen molar-refractivity contribution in [2.24, 2.45) is 20.5 Å². The summed E-state index contributed by atoms with van der Waals surface area (Å²) in [7, 11) is -10.0. The minimum atomic E-state index is -5.01. The van der Waals surface area contributed by atoms with Gasteiger partial charge in [0.2, 0.25) is 23.8 Å². The summed E-state index contributed by atoms with van der Waals surface area (Å²) in [6.07, 6.45) is 0. The van der Waals surface area contributed by atoms with E-state index >= 15 is 0 Å². The first-order valence-corrected chi connectivity index (χ1v) is 29.3. The molecule has 478 valence electrons. The summed E-state index contributed by atoms with van der Waals surface area (Å²) in [6.45, 7) is 2.85. The van der Waals surface area contributed by atoms with Gasteiger partial charge in [-0.25, -0.2) is 34.5 Å². The first-order chi connectivity index (χ1) is 44.0. The van der Waals surface area contributed by atoms with E-state index < -0.39 is 111 Å². The number of anilines is 8. The second-order valence-corrected chi connectivity index (χ2v) is 22.8. The highest BCUT2D eigenvalue weighted by Crippen LogP contribution is 2.49. The number of hydrogen-bond donors (Lipinski definition) is 15. The van der Waals surface area contributed by atoms with Crippen molar-refractivity contribution >= 4 is 165 Å². The molecule has 0 aliphatic rings. The maximum absolute atomic E-state index is 13.4. The molecule has 7 aromatic carbocycles. The average Bonchev–Trinajstić information content (AvgIpc) is 0.774. The fourth-order valence-electron chi connectivity index (χ4n) is 8.34. The summed E-state index contributed by atoms with van der Waals surface area (Å²) >= 11 is 0.442. The molecule has 0 atom stereocenters. The third-order valence-corrected chi connectivity index (χ3v) is 15.0. The molecule has 0 spiro atoms. The molecule has 9 aromatic rings. The van der Waals surface area contributed by atoms with E-state index in [4.69, 9.17) is 10.5 Å². The van der Waals surface area contributed by atoms with E-state index in [-0.39, 0.29) is 113 Å². The monoisotopic (exact) mass is 1360 g/mol. The Morgan fingerprint density at radius 1 is 0.462 bits per heavy atom. The lowest BCUT2D eigenvalue weighted by Crippen LogP contribution is -2.21. The number of hydrogen-bond acceptors (Lipinski definition) is 32. The number of aromatic hydroxyl groups is 2. The minimum absolute atomic E-state index is 0.0350. The van der Waals surface area contributed by atoms with Gasteiger partial charge in [-0.15, -0.1) is 18.9 Å². The number of carboxylic acids is 4. The van der Waals surface area contributed by atoms with E-state index in [0.29, 0.717) is 5.69 Å². The summed E-state index contributed by atoms with van der Waals surface area (Å²) in [5, 5.41) is 115. The summed E-state index contributed by atoms with van der Waals surface area (Å²) in [6, 6.07) is 16.5. The van der Waals surface area contributed by atoms with E-state index in [1.54, 1.807) is 0 Å². The Labute approximate surface area is 525 Å². The number of phenols is 2. The predicted molar refractivity (Wildman–Crippen MR) is 319 cm³/mol. The molecule has 0 radical (unpaired) electrons. The number of carboxylic acid groups (broad SMARTS) is 4. The van der Waals surface area contributed by atoms with Crippen molar-refractivity contribution in [3.05, 3.63) is 131 Å². The number of amides is 2. The Kier molecular flexibility index (Phi) is 19.5. The number of nitrogens with one attached hydrogen (secondary N) is 5. The topological polar surface area (TPSA) is 580 Å². The molecular formula is C51H37N15O23S4. The van der Waals surface area contributed by atoms with Crippen LogP contribution in [0.3, 0.4) is 0 Å². The van der Waals surface area contributed by atoms with Gasteiger partial charge in [-0.1, -0.05) is 10.1 Å². The molecule has 0 fully saturated rings. The normalized spacial score (nSPS) is 11.7. The number of phenolic OH excluding ortho intramolecular Hbond substituents is 2. The highest BCUT2D eigenvalue weighted by molar-refractivity contribution is 7.95. The lowest BCUT2D eigenvalue weighted by atomic mass is 10.1.